The molecule has 2 N–H and O–H groups in total. The first-order valence-corrected chi connectivity index (χ1v) is 10.3. The molecule has 0 atom stereocenters. The first-order chi connectivity index (χ1) is 14.6. The second kappa shape index (κ2) is 7.26. The number of ether oxygens (including phenoxy) is 3. The van der Waals surface area contributed by atoms with Crippen LogP contribution in [0.1, 0.15) is 20.0 Å². The lowest BCUT2D eigenvalue weighted by molar-refractivity contribution is -0.104. The fraction of sp³-hybridized carbons (Fsp3) is 0.368. The fourth-order valence-electron chi connectivity index (χ4n) is 3.58. The van der Waals surface area contributed by atoms with E-state index >= 15 is 0 Å². The van der Waals surface area contributed by atoms with Crippen LogP contribution in [0.3, 0.4) is 0 Å². The number of rotatable bonds is 5. The number of amides is 2. The van der Waals surface area contributed by atoms with Crippen LogP contribution in [-0.2, 0) is 4.74 Å². The van der Waals surface area contributed by atoms with Gasteiger partial charge in [0.15, 0.2) is 17.1 Å². The Morgan fingerprint density at radius 3 is 3.00 bits per heavy atom. The van der Waals surface area contributed by atoms with Crippen molar-refractivity contribution in [2.45, 2.75) is 5.60 Å². The van der Waals surface area contributed by atoms with E-state index in [0.717, 1.165) is 5.39 Å². The maximum atomic E-state index is 12.8. The second-order valence-corrected chi connectivity index (χ2v) is 8.10. The maximum Gasteiger partial charge on any atom is 0.265 e. The SMILES string of the molecule is COC1(CNC(=O)c2scc3c2OCCO3)CN(C(=O)c2cnc3[nH]ncc3c2)C1. The number of methoxy groups -OCH3 is 1. The van der Waals surface area contributed by atoms with E-state index in [1.807, 2.05) is 0 Å². The van der Waals surface area contributed by atoms with Crippen molar-refractivity contribution in [1.82, 2.24) is 25.4 Å². The molecule has 30 heavy (non-hydrogen) atoms. The Morgan fingerprint density at radius 1 is 1.33 bits per heavy atom. The predicted molar refractivity (Wildman–Crippen MR) is 107 cm³/mol. The van der Waals surface area contributed by atoms with Crippen molar-refractivity contribution >= 4 is 34.2 Å². The molecule has 0 unspecified atom stereocenters. The Labute approximate surface area is 175 Å². The van der Waals surface area contributed by atoms with E-state index in [-0.39, 0.29) is 18.4 Å². The normalized spacial score (nSPS) is 16.9. The number of carbonyl (C=O) groups is 2. The van der Waals surface area contributed by atoms with Crippen molar-refractivity contribution < 1.29 is 23.8 Å². The Balaban J connectivity index is 1.21. The topological polar surface area (TPSA) is 119 Å². The third-order valence-electron chi connectivity index (χ3n) is 5.29. The van der Waals surface area contributed by atoms with Gasteiger partial charge in [0.2, 0.25) is 0 Å². The summed E-state index contributed by atoms with van der Waals surface area (Å²) in [6.07, 6.45) is 3.15. The van der Waals surface area contributed by atoms with E-state index in [1.165, 1.54) is 17.5 Å². The van der Waals surface area contributed by atoms with Crippen LogP contribution in [0.15, 0.2) is 23.8 Å². The first-order valence-electron chi connectivity index (χ1n) is 9.37. The van der Waals surface area contributed by atoms with Crippen LogP contribution in [0, 0.1) is 0 Å². The standard InChI is InChI=1S/C19H19N5O5S/c1-27-19(8-21-17(25)15-14-13(7-30-15)28-2-3-29-14)9-24(10-19)18(26)12-4-11-6-22-23-16(11)20-5-12/h4-7H,2-3,8-10H2,1H3,(H,21,25)(H,20,22,23). The quantitative estimate of drug-likeness (QED) is 0.623. The molecule has 3 aromatic rings. The number of hydrogen-bond donors (Lipinski definition) is 2. The van der Waals surface area contributed by atoms with Gasteiger partial charge in [0.1, 0.15) is 23.7 Å². The first kappa shape index (κ1) is 18.8. The summed E-state index contributed by atoms with van der Waals surface area (Å²) >= 11 is 1.28. The van der Waals surface area contributed by atoms with E-state index in [0.29, 0.717) is 53.9 Å². The van der Waals surface area contributed by atoms with Crippen LogP contribution in [0.2, 0.25) is 0 Å². The molecule has 156 valence electrons. The molecular formula is C19H19N5O5S. The third kappa shape index (κ3) is 3.15. The summed E-state index contributed by atoms with van der Waals surface area (Å²) in [5.41, 5.74) is 0.488. The van der Waals surface area contributed by atoms with Gasteiger partial charge < -0.3 is 24.4 Å². The Kier molecular flexibility index (Phi) is 4.55. The zero-order valence-corrected chi connectivity index (χ0v) is 17.0. The molecule has 0 radical (unpaired) electrons. The van der Waals surface area contributed by atoms with Crippen LogP contribution in [0.5, 0.6) is 11.5 Å². The molecule has 10 nitrogen and oxygen atoms in total. The lowest BCUT2D eigenvalue weighted by Crippen LogP contribution is -2.68. The van der Waals surface area contributed by atoms with Crippen molar-refractivity contribution in [3.63, 3.8) is 0 Å². The van der Waals surface area contributed by atoms with E-state index in [1.54, 1.807) is 29.7 Å². The minimum absolute atomic E-state index is 0.137. The molecule has 11 heteroatoms. The maximum absolute atomic E-state index is 12.8. The van der Waals surface area contributed by atoms with Gasteiger partial charge in [-0.15, -0.1) is 11.3 Å². The summed E-state index contributed by atoms with van der Waals surface area (Å²) in [5, 5.41) is 12.1. The number of nitrogens with zero attached hydrogens (tertiary/aromatic N) is 3. The number of nitrogens with one attached hydrogen (secondary N) is 2. The number of aromatic amines is 1. The number of carbonyl (C=O) groups excluding carboxylic acids is 2. The highest BCUT2D eigenvalue weighted by atomic mass is 32.1. The van der Waals surface area contributed by atoms with Crippen LogP contribution in [-0.4, -0.2) is 77.5 Å². The molecule has 0 aliphatic carbocycles. The Morgan fingerprint density at radius 2 is 2.17 bits per heavy atom. The molecule has 2 aliphatic rings. The molecule has 1 fully saturated rings. The zero-order valence-electron chi connectivity index (χ0n) is 16.1. The molecule has 3 aromatic heterocycles. The number of likely N-dealkylation sites (tertiary alicyclic amines) is 1. The van der Waals surface area contributed by atoms with Crippen molar-refractivity contribution in [2.24, 2.45) is 0 Å². The van der Waals surface area contributed by atoms with E-state index < -0.39 is 5.60 Å². The summed E-state index contributed by atoms with van der Waals surface area (Å²) in [6.45, 7) is 1.91. The van der Waals surface area contributed by atoms with E-state index in [4.69, 9.17) is 14.2 Å². The summed E-state index contributed by atoms with van der Waals surface area (Å²) in [7, 11) is 1.58. The van der Waals surface area contributed by atoms with E-state index in [2.05, 4.69) is 20.5 Å². The average molecular weight is 429 g/mol. The Bertz CT molecular complexity index is 1120. The summed E-state index contributed by atoms with van der Waals surface area (Å²) < 4.78 is 16.7. The van der Waals surface area contributed by atoms with Gasteiger partial charge in [0.25, 0.3) is 11.8 Å². The third-order valence-corrected chi connectivity index (χ3v) is 6.23. The molecular weight excluding hydrogens is 410 g/mol. The van der Waals surface area contributed by atoms with Gasteiger partial charge in [-0.2, -0.15) is 5.10 Å². The molecule has 5 heterocycles. The van der Waals surface area contributed by atoms with Gasteiger partial charge in [-0.05, 0) is 6.07 Å². The number of hydrogen-bond acceptors (Lipinski definition) is 8. The Hall–Kier alpha value is -3.18. The molecule has 1 saturated heterocycles. The van der Waals surface area contributed by atoms with Gasteiger partial charge in [0, 0.05) is 24.1 Å². The lowest BCUT2D eigenvalue weighted by atomic mass is 9.92. The van der Waals surface area contributed by atoms with Gasteiger partial charge in [-0.25, -0.2) is 4.98 Å². The highest BCUT2D eigenvalue weighted by Gasteiger charge is 2.46. The van der Waals surface area contributed by atoms with Crippen molar-refractivity contribution in [1.29, 1.82) is 0 Å². The lowest BCUT2D eigenvalue weighted by Gasteiger charge is -2.48. The van der Waals surface area contributed by atoms with Gasteiger partial charge in [0.05, 0.1) is 31.4 Å². The molecule has 5 rings (SSSR count). The monoisotopic (exact) mass is 429 g/mol. The molecule has 0 aromatic carbocycles. The summed E-state index contributed by atoms with van der Waals surface area (Å²) in [4.78, 5) is 31.7. The number of H-pyrrole nitrogens is 1. The number of thiophene rings is 1. The number of fused-ring (bicyclic) bond motifs is 2. The predicted octanol–water partition coefficient (Wildman–Crippen LogP) is 1.06. The molecule has 0 saturated carbocycles. The highest BCUT2D eigenvalue weighted by molar-refractivity contribution is 7.12. The van der Waals surface area contributed by atoms with Crippen LogP contribution >= 0.6 is 11.3 Å². The minimum Gasteiger partial charge on any atom is -0.485 e. The smallest absolute Gasteiger partial charge is 0.265 e. The molecule has 2 aliphatic heterocycles. The van der Waals surface area contributed by atoms with Crippen LogP contribution < -0.4 is 14.8 Å². The molecule has 0 spiro atoms. The fourth-order valence-corrected chi connectivity index (χ4v) is 4.43. The number of pyridine rings is 1. The van der Waals surface area contributed by atoms with Gasteiger partial charge in [-0.1, -0.05) is 0 Å². The second-order valence-electron chi connectivity index (χ2n) is 7.22. The highest BCUT2D eigenvalue weighted by Crippen LogP contribution is 2.39. The largest absolute Gasteiger partial charge is 0.485 e. The van der Waals surface area contributed by atoms with Gasteiger partial charge in [-0.3, -0.25) is 14.7 Å². The van der Waals surface area contributed by atoms with Crippen molar-refractivity contribution in [3.8, 4) is 11.5 Å². The molecule has 2 amide bonds. The summed E-state index contributed by atoms with van der Waals surface area (Å²) in [5.74, 6) is 0.703. The minimum atomic E-state index is -0.632. The average Bonchev–Trinajstić information content (AvgIpc) is 3.39. The molecule has 0 bridgehead atoms. The van der Waals surface area contributed by atoms with E-state index in [9.17, 15) is 9.59 Å². The van der Waals surface area contributed by atoms with Crippen molar-refractivity contribution in [2.75, 3.05) is 40.0 Å². The van der Waals surface area contributed by atoms with Crippen LogP contribution in [0.4, 0.5) is 0 Å². The van der Waals surface area contributed by atoms with Crippen molar-refractivity contribution in [3.05, 3.63) is 34.3 Å². The number of aromatic nitrogens is 3. The summed E-state index contributed by atoms with van der Waals surface area (Å²) in [6, 6.07) is 1.75. The van der Waals surface area contributed by atoms with Gasteiger partial charge >= 0.3 is 0 Å². The zero-order chi connectivity index (χ0) is 20.7. The van der Waals surface area contributed by atoms with Crippen LogP contribution in [0.25, 0.3) is 11.0 Å².